The molecule has 0 spiro atoms. The van der Waals surface area contributed by atoms with Crippen LogP contribution in [0.4, 0.5) is 5.69 Å². The Labute approximate surface area is 338 Å². The molecule has 0 heterocycles. The topological polar surface area (TPSA) is 105 Å². The van der Waals surface area contributed by atoms with Crippen molar-refractivity contribution in [2.75, 3.05) is 18.5 Å². The molecular formula is C49H43NO8. The summed E-state index contributed by atoms with van der Waals surface area (Å²) < 4.78 is 36.7. The molecule has 0 fully saturated rings. The van der Waals surface area contributed by atoms with Gasteiger partial charge in [-0.1, -0.05) is 140 Å². The maximum atomic E-state index is 13.9. The zero-order valence-electron chi connectivity index (χ0n) is 31.8. The second-order valence-corrected chi connectivity index (χ2v) is 13.1. The second-order valence-electron chi connectivity index (χ2n) is 13.1. The average Bonchev–Trinajstić information content (AvgIpc) is 3.27. The van der Waals surface area contributed by atoms with Crippen LogP contribution in [0.5, 0.6) is 40.2 Å². The van der Waals surface area contributed by atoms with E-state index in [4.69, 9.17) is 28.4 Å². The number of carbonyl (C=O) groups is 1. The summed E-state index contributed by atoms with van der Waals surface area (Å²) in [6.07, 6.45) is 0. The highest BCUT2D eigenvalue weighted by Crippen LogP contribution is 2.44. The minimum atomic E-state index is -0.400. The van der Waals surface area contributed by atoms with Gasteiger partial charge in [0.05, 0.1) is 11.3 Å². The van der Waals surface area contributed by atoms with Crippen LogP contribution in [0.15, 0.2) is 176 Å². The first kappa shape index (κ1) is 38.9. The van der Waals surface area contributed by atoms with E-state index < -0.39 is 5.91 Å². The van der Waals surface area contributed by atoms with E-state index in [9.17, 15) is 9.90 Å². The quantitative estimate of drug-likeness (QED) is 0.0783. The number of benzene rings is 7. The molecule has 2 N–H and O–H groups in total. The average molecular weight is 774 g/mol. The Bertz CT molecular complexity index is 2360. The summed E-state index contributed by atoms with van der Waals surface area (Å²) in [5, 5.41) is 14.3. The number of phenolic OH excluding ortho intramolecular Hbond substituents is 1. The Kier molecular flexibility index (Phi) is 13.4. The molecule has 0 bridgehead atoms. The SMILES string of the molecule is O=C(Nc1ccccc1OCCOc1ccc(OCc2ccccc2)c(OCc2ccccc2)c1O)c1cccc(OCc2ccccc2)c1OCc1ccccc1. The van der Waals surface area contributed by atoms with Gasteiger partial charge in [-0.05, 0) is 58.7 Å². The van der Waals surface area contributed by atoms with Crippen molar-refractivity contribution in [3.63, 3.8) is 0 Å². The lowest BCUT2D eigenvalue weighted by Gasteiger charge is -2.18. The zero-order valence-corrected chi connectivity index (χ0v) is 31.8. The molecule has 292 valence electrons. The molecule has 7 aromatic rings. The lowest BCUT2D eigenvalue weighted by Crippen LogP contribution is -2.16. The van der Waals surface area contributed by atoms with Gasteiger partial charge in [-0.25, -0.2) is 0 Å². The molecule has 7 rings (SSSR count). The summed E-state index contributed by atoms with van der Waals surface area (Å²) in [6.45, 7) is 1.24. The van der Waals surface area contributed by atoms with Crippen LogP contribution >= 0.6 is 0 Å². The third-order valence-electron chi connectivity index (χ3n) is 8.94. The predicted molar refractivity (Wildman–Crippen MR) is 223 cm³/mol. The molecule has 0 aliphatic heterocycles. The van der Waals surface area contributed by atoms with Crippen LogP contribution in [0.25, 0.3) is 0 Å². The molecular weight excluding hydrogens is 731 g/mol. The fraction of sp³-hybridized carbons (Fsp3) is 0.122. The highest BCUT2D eigenvalue weighted by Gasteiger charge is 2.21. The van der Waals surface area contributed by atoms with E-state index in [0.717, 1.165) is 22.3 Å². The zero-order chi connectivity index (χ0) is 39.8. The number of aromatic hydroxyl groups is 1. The van der Waals surface area contributed by atoms with E-state index in [1.54, 1.807) is 42.5 Å². The molecule has 9 heteroatoms. The van der Waals surface area contributed by atoms with E-state index >= 15 is 0 Å². The predicted octanol–water partition coefficient (Wildman–Crippen LogP) is 10.4. The number of para-hydroxylation sites is 3. The lowest BCUT2D eigenvalue weighted by molar-refractivity contribution is 0.102. The Morgan fingerprint density at radius 2 is 0.810 bits per heavy atom. The number of hydrogen-bond acceptors (Lipinski definition) is 8. The van der Waals surface area contributed by atoms with E-state index in [1.165, 1.54) is 0 Å². The molecule has 0 atom stereocenters. The molecule has 1 amide bonds. The fourth-order valence-electron chi connectivity index (χ4n) is 5.98. The monoisotopic (exact) mass is 773 g/mol. The van der Waals surface area contributed by atoms with Crippen LogP contribution < -0.4 is 33.7 Å². The number of carbonyl (C=O) groups excluding carboxylic acids is 1. The van der Waals surface area contributed by atoms with Crippen molar-refractivity contribution in [1.29, 1.82) is 0 Å². The molecule has 0 saturated heterocycles. The molecule has 0 aromatic heterocycles. The maximum absolute atomic E-state index is 13.9. The molecule has 0 aliphatic carbocycles. The standard InChI is InChI=1S/C49H43NO8/c51-46-43(28-29-45(56-33-37-18-7-2-8-19-37)48(46)58-35-39-22-11-4-12-23-39)54-31-30-53-42-26-14-13-25-41(42)50-49(52)40-24-15-27-44(55-32-36-16-5-1-6-17-36)47(40)57-34-38-20-9-3-10-21-38/h1-29,51H,30-35H2,(H,50,52). The minimum absolute atomic E-state index is 0.0798. The highest BCUT2D eigenvalue weighted by molar-refractivity contribution is 6.07. The Morgan fingerprint density at radius 3 is 1.36 bits per heavy atom. The van der Waals surface area contributed by atoms with Crippen molar-refractivity contribution < 1.29 is 38.3 Å². The molecule has 7 aromatic carbocycles. The number of rotatable bonds is 19. The van der Waals surface area contributed by atoms with Crippen LogP contribution in [0, 0.1) is 0 Å². The van der Waals surface area contributed by atoms with Gasteiger partial charge in [0.15, 0.2) is 23.0 Å². The fourth-order valence-corrected chi connectivity index (χ4v) is 5.98. The summed E-state index contributed by atoms with van der Waals surface area (Å²) in [7, 11) is 0. The molecule has 0 unspecified atom stereocenters. The molecule has 0 radical (unpaired) electrons. The summed E-state index contributed by atoms with van der Waals surface area (Å²) in [4.78, 5) is 13.9. The van der Waals surface area contributed by atoms with Gasteiger partial charge in [0.2, 0.25) is 11.5 Å². The van der Waals surface area contributed by atoms with Gasteiger partial charge < -0.3 is 38.8 Å². The maximum Gasteiger partial charge on any atom is 0.259 e. The number of amides is 1. The van der Waals surface area contributed by atoms with Gasteiger partial charge in [0.1, 0.15) is 45.4 Å². The highest BCUT2D eigenvalue weighted by atomic mass is 16.5. The van der Waals surface area contributed by atoms with Crippen LogP contribution in [0.3, 0.4) is 0 Å². The van der Waals surface area contributed by atoms with Crippen molar-refractivity contribution in [3.8, 4) is 40.2 Å². The van der Waals surface area contributed by atoms with Crippen LogP contribution in [0.1, 0.15) is 32.6 Å². The lowest BCUT2D eigenvalue weighted by atomic mass is 10.1. The van der Waals surface area contributed by atoms with Crippen LogP contribution in [0.2, 0.25) is 0 Å². The van der Waals surface area contributed by atoms with Crippen molar-refractivity contribution in [2.45, 2.75) is 26.4 Å². The number of nitrogens with one attached hydrogen (secondary N) is 1. The molecule has 0 saturated carbocycles. The molecule has 9 nitrogen and oxygen atoms in total. The summed E-state index contributed by atoms with van der Waals surface area (Å²) in [5.74, 6) is 1.38. The normalized spacial score (nSPS) is 10.6. The summed E-state index contributed by atoms with van der Waals surface area (Å²) in [5.41, 5.74) is 4.60. The first-order valence-electron chi connectivity index (χ1n) is 18.9. The smallest absolute Gasteiger partial charge is 0.259 e. The van der Waals surface area contributed by atoms with Crippen molar-refractivity contribution in [2.24, 2.45) is 0 Å². The third kappa shape index (κ3) is 10.7. The minimum Gasteiger partial charge on any atom is -0.502 e. The van der Waals surface area contributed by atoms with Gasteiger partial charge in [0.25, 0.3) is 5.91 Å². The van der Waals surface area contributed by atoms with E-state index in [2.05, 4.69) is 5.32 Å². The van der Waals surface area contributed by atoms with Gasteiger partial charge in [0, 0.05) is 0 Å². The van der Waals surface area contributed by atoms with Crippen LogP contribution in [-0.4, -0.2) is 24.2 Å². The second kappa shape index (κ2) is 20.0. The van der Waals surface area contributed by atoms with Crippen LogP contribution in [-0.2, 0) is 26.4 Å². The Hall–Kier alpha value is -7.39. The molecule has 58 heavy (non-hydrogen) atoms. The Morgan fingerprint density at radius 1 is 0.397 bits per heavy atom. The molecule has 0 aliphatic rings. The number of hydrogen-bond donors (Lipinski definition) is 2. The third-order valence-corrected chi connectivity index (χ3v) is 8.94. The first-order valence-corrected chi connectivity index (χ1v) is 18.9. The number of phenols is 1. The first-order chi connectivity index (χ1) is 28.6. The van der Waals surface area contributed by atoms with E-state index in [-0.39, 0.29) is 43.7 Å². The van der Waals surface area contributed by atoms with Gasteiger partial charge in [-0.2, -0.15) is 0 Å². The number of ether oxygens (including phenoxy) is 6. The van der Waals surface area contributed by atoms with Crippen molar-refractivity contribution >= 4 is 11.6 Å². The van der Waals surface area contributed by atoms with E-state index in [1.807, 2.05) is 133 Å². The summed E-state index contributed by atoms with van der Waals surface area (Å²) >= 11 is 0. The Balaban J connectivity index is 1.02. The van der Waals surface area contributed by atoms with Crippen molar-refractivity contribution in [3.05, 3.63) is 204 Å². The summed E-state index contributed by atoms with van der Waals surface area (Å²) in [6, 6.07) is 54.7. The largest absolute Gasteiger partial charge is 0.502 e. The van der Waals surface area contributed by atoms with Gasteiger partial charge >= 0.3 is 0 Å². The van der Waals surface area contributed by atoms with E-state index in [0.29, 0.717) is 47.5 Å². The van der Waals surface area contributed by atoms with Gasteiger partial charge in [-0.15, -0.1) is 0 Å². The van der Waals surface area contributed by atoms with Crippen molar-refractivity contribution in [1.82, 2.24) is 0 Å². The number of anilines is 1. The van der Waals surface area contributed by atoms with Gasteiger partial charge in [-0.3, -0.25) is 4.79 Å².